The van der Waals surface area contributed by atoms with Gasteiger partial charge in [-0.25, -0.2) is 4.79 Å². The minimum absolute atomic E-state index is 0.0385. The molecule has 1 aliphatic rings. The van der Waals surface area contributed by atoms with Crippen LogP contribution in [0.15, 0.2) is 15.8 Å². The van der Waals surface area contributed by atoms with Crippen LogP contribution < -0.4 is 11.2 Å². The van der Waals surface area contributed by atoms with Crippen LogP contribution in [0.5, 0.6) is 0 Å². The summed E-state index contributed by atoms with van der Waals surface area (Å²) < 4.78 is 5.08. The summed E-state index contributed by atoms with van der Waals surface area (Å²) in [5, 5.41) is 29.3. The van der Waals surface area contributed by atoms with Crippen molar-refractivity contribution in [3.8, 4) is 0 Å². The average Bonchev–Trinajstić information content (AvgIpc) is 2.69. The van der Waals surface area contributed by atoms with Crippen molar-refractivity contribution in [2.24, 2.45) is 0 Å². The fourth-order valence-corrected chi connectivity index (χ4v) is 2.35. The van der Waals surface area contributed by atoms with Crippen LogP contribution in [0.1, 0.15) is 5.56 Å². The number of hydrogen-bond donors (Lipinski definition) is 5. The van der Waals surface area contributed by atoms with E-state index in [0.29, 0.717) is 0 Å². The van der Waals surface area contributed by atoms with Gasteiger partial charge in [0, 0.05) is 6.20 Å². The predicted molar refractivity (Wildman–Crippen MR) is 64.4 cm³/mol. The number of nitrogens with one attached hydrogen (secondary N) is 2. The zero-order chi connectivity index (χ0) is 15.8. The quantitative estimate of drug-likeness (QED) is 0.352. The van der Waals surface area contributed by atoms with Crippen molar-refractivity contribution >= 4 is 12.6 Å². The fourth-order valence-electron chi connectivity index (χ4n) is 2.35. The van der Waals surface area contributed by atoms with Gasteiger partial charge in [0.1, 0.15) is 12.2 Å². The summed E-state index contributed by atoms with van der Waals surface area (Å²) in [6, 6.07) is 0. The Morgan fingerprint density at radius 3 is 2.48 bits per heavy atom. The highest BCUT2D eigenvalue weighted by Gasteiger charge is 2.67. The number of aromatic amines is 2. The van der Waals surface area contributed by atoms with Gasteiger partial charge in [0.25, 0.3) is 5.56 Å². The molecule has 1 aliphatic heterocycles. The molecule has 0 aliphatic carbocycles. The van der Waals surface area contributed by atoms with Crippen molar-refractivity contribution in [3.05, 3.63) is 32.6 Å². The molecule has 5 N–H and O–H groups in total. The van der Waals surface area contributed by atoms with Crippen molar-refractivity contribution in [1.82, 2.24) is 9.97 Å². The zero-order valence-electron chi connectivity index (χ0n) is 10.5. The van der Waals surface area contributed by atoms with E-state index >= 15 is 0 Å². The Kier molecular flexibility index (Phi) is 3.63. The summed E-state index contributed by atoms with van der Waals surface area (Å²) in [6.07, 6.45) is -2.82. The second-order valence-corrected chi connectivity index (χ2v) is 4.57. The van der Waals surface area contributed by atoms with Gasteiger partial charge in [0.05, 0.1) is 12.2 Å². The van der Waals surface area contributed by atoms with E-state index in [4.69, 9.17) is 9.84 Å². The lowest BCUT2D eigenvalue weighted by Gasteiger charge is -2.32. The molecule has 21 heavy (non-hydrogen) atoms. The number of aliphatic hydroxyl groups excluding tert-OH is 2. The molecule has 1 fully saturated rings. The van der Waals surface area contributed by atoms with E-state index < -0.39 is 46.8 Å². The Balaban J connectivity index is 2.75. The number of H-pyrrole nitrogens is 2. The molecule has 2 rings (SSSR count). The molecule has 1 aromatic heterocycles. The number of ether oxygens (including phenoxy) is 1. The van der Waals surface area contributed by atoms with E-state index in [1.54, 1.807) is 0 Å². The molecule has 2 heterocycles. The van der Waals surface area contributed by atoms with Gasteiger partial charge in [-0.15, -0.1) is 0 Å². The molecule has 4 atom stereocenters. The molecular formula is C11H12N2O8. The molecule has 0 amide bonds. The Labute approximate surface area is 116 Å². The van der Waals surface area contributed by atoms with Crippen LogP contribution in [0, 0.1) is 0 Å². The fraction of sp³-hybridized carbons (Fsp3) is 0.455. The highest BCUT2D eigenvalue weighted by atomic mass is 16.6. The van der Waals surface area contributed by atoms with E-state index in [9.17, 15) is 29.4 Å². The largest absolute Gasteiger partial charge is 0.394 e. The van der Waals surface area contributed by atoms with Crippen LogP contribution in [0.25, 0.3) is 0 Å². The molecule has 0 bridgehead atoms. The van der Waals surface area contributed by atoms with Gasteiger partial charge in [-0.3, -0.25) is 19.4 Å². The Hall–Kier alpha value is -2.14. The number of rotatable bonds is 4. The molecule has 0 radical (unpaired) electrons. The lowest BCUT2D eigenvalue weighted by Crippen LogP contribution is -2.58. The van der Waals surface area contributed by atoms with Crippen LogP contribution >= 0.6 is 0 Å². The smallest absolute Gasteiger partial charge is 0.325 e. The summed E-state index contributed by atoms with van der Waals surface area (Å²) in [5.74, 6) is 0. The van der Waals surface area contributed by atoms with Crippen LogP contribution in [0.4, 0.5) is 0 Å². The molecule has 114 valence electrons. The van der Waals surface area contributed by atoms with Crippen molar-refractivity contribution in [2.75, 3.05) is 6.61 Å². The van der Waals surface area contributed by atoms with Gasteiger partial charge in [-0.2, -0.15) is 0 Å². The van der Waals surface area contributed by atoms with Gasteiger partial charge >= 0.3 is 5.69 Å². The number of hydrogen-bond acceptors (Lipinski definition) is 8. The Bertz CT molecular complexity index is 681. The monoisotopic (exact) mass is 300 g/mol. The number of aromatic nitrogens is 2. The first kappa shape index (κ1) is 15.3. The van der Waals surface area contributed by atoms with Gasteiger partial charge in [0.15, 0.2) is 23.8 Å². The zero-order valence-corrected chi connectivity index (χ0v) is 10.5. The van der Waals surface area contributed by atoms with E-state index in [2.05, 4.69) is 4.98 Å². The van der Waals surface area contributed by atoms with Crippen LogP contribution in [-0.2, 0) is 19.9 Å². The molecular weight excluding hydrogens is 288 g/mol. The predicted octanol–water partition coefficient (Wildman–Crippen LogP) is -3.86. The van der Waals surface area contributed by atoms with E-state index in [0.717, 1.165) is 6.20 Å². The number of aliphatic hydroxyl groups is 3. The maximum absolute atomic E-state index is 11.8. The maximum atomic E-state index is 11.8. The molecule has 1 saturated heterocycles. The summed E-state index contributed by atoms with van der Waals surface area (Å²) >= 11 is 0. The molecule has 0 aromatic carbocycles. The SMILES string of the molecule is O=C[C@@]1(c2c[nH]c(=O)[nH]c2=O)O[C@H](CO)[C@@H](O)[C@]1(O)C=O. The van der Waals surface area contributed by atoms with Gasteiger partial charge in [-0.05, 0) is 0 Å². The van der Waals surface area contributed by atoms with E-state index in [1.165, 1.54) is 0 Å². The molecule has 0 saturated carbocycles. The minimum Gasteiger partial charge on any atom is -0.394 e. The molecule has 10 heteroatoms. The van der Waals surface area contributed by atoms with Crippen molar-refractivity contribution in [1.29, 1.82) is 0 Å². The Morgan fingerprint density at radius 2 is 2.00 bits per heavy atom. The van der Waals surface area contributed by atoms with Gasteiger partial charge in [0.2, 0.25) is 0 Å². The third-order valence-corrected chi connectivity index (χ3v) is 3.48. The first-order valence-corrected chi connectivity index (χ1v) is 5.80. The first-order chi connectivity index (χ1) is 9.86. The highest BCUT2D eigenvalue weighted by molar-refractivity contribution is 5.81. The molecule has 0 spiro atoms. The third-order valence-electron chi connectivity index (χ3n) is 3.48. The maximum Gasteiger partial charge on any atom is 0.325 e. The number of carbonyl (C=O) groups excluding carboxylic acids is 2. The minimum atomic E-state index is -2.80. The molecule has 0 unspecified atom stereocenters. The number of carbonyl (C=O) groups is 2. The van der Waals surface area contributed by atoms with Crippen molar-refractivity contribution in [3.63, 3.8) is 0 Å². The second kappa shape index (κ2) is 5.00. The number of aldehydes is 2. The first-order valence-electron chi connectivity index (χ1n) is 5.80. The lowest BCUT2D eigenvalue weighted by molar-refractivity contribution is -0.166. The Morgan fingerprint density at radius 1 is 1.33 bits per heavy atom. The topological polar surface area (TPSA) is 170 Å². The summed E-state index contributed by atoms with van der Waals surface area (Å²) in [4.78, 5) is 49.4. The van der Waals surface area contributed by atoms with Crippen LogP contribution in [0.2, 0.25) is 0 Å². The molecule has 10 nitrogen and oxygen atoms in total. The summed E-state index contributed by atoms with van der Waals surface area (Å²) in [7, 11) is 0. The third kappa shape index (κ3) is 1.88. The van der Waals surface area contributed by atoms with E-state index in [-0.39, 0.29) is 12.6 Å². The molecule has 1 aromatic rings. The standard InChI is InChI=1S/C11H12N2O8/c14-2-6-7(17)10(20,3-15)11(4-16,21-6)5-1-12-9(19)13-8(5)18/h1,3-4,6-7,14,17,20H,2H2,(H2,12,13,18,19)/t6-,7-,10-,11+/m1/s1. The van der Waals surface area contributed by atoms with Crippen molar-refractivity contribution < 1.29 is 29.6 Å². The summed E-state index contributed by atoms with van der Waals surface area (Å²) in [5.41, 5.74) is -7.90. The average molecular weight is 300 g/mol. The van der Waals surface area contributed by atoms with Crippen LogP contribution in [0.3, 0.4) is 0 Å². The lowest BCUT2D eigenvalue weighted by atomic mass is 9.78. The second-order valence-electron chi connectivity index (χ2n) is 4.57. The normalized spacial score (nSPS) is 35.6. The van der Waals surface area contributed by atoms with Gasteiger partial charge in [-0.1, -0.05) is 0 Å². The van der Waals surface area contributed by atoms with Crippen LogP contribution in [-0.4, -0.2) is 62.3 Å². The van der Waals surface area contributed by atoms with Gasteiger partial charge < -0.3 is 25.0 Å². The van der Waals surface area contributed by atoms with E-state index in [1.807, 2.05) is 4.98 Å². The highest BCUT2D eigenvalue weighted by Crippen LogP contribution is 2.43. The van der Waals surface area contributed by atoms with Crippen molar-refractivity contribution in [2.45, 2.75) is 23.4 Å². The summed E-state index contributed by atoms with van der Waals surface area (Å²) in [6.45, 7) is -0.811.